The molecule has 0 fully saturated rings. The molecule has 0 aliphatic rings. The minimum Gasteiger partial charge on any atom is -0.325 e. The van der Waals surface area contributed by atoms with Crippen molar-refractivity contribution in [3.63, 3.8) is 0 Å². The van der Waals surface area contributed by atoms with Crippen LogP contribution in [0.5, 0.6) is 0 Å². The second-order valence-electron chi connectivity index (χ2n) is 4.92. The van der Waals surface area contributed by atoms with Crippen molar-refractivity contribution in [1.82, 2.24) is 15.5 Å². The monoisotopic (exact) mass is 389 g/mol. The van der Waals surface area contributed by atoms with E-state index < -0.39 is 23.6 Å². The lowest BCUT2D eigenvalue weighted by atomic mass is 10.3. The number of hydrogen-bond donors (Lipinski definition) is 3. The highest BCUT2D eigenvalue weighted by Gasteiger charge is 2.33. The van der Waals surface area contributed by atoms with Gasteiger partial charge in [0.2, 0.25) is 11.9 Å². The van der Waals surface area contributed by atoms with Gasteiger partial charge >= 0.3 is 6.18 Å². The molecule has 11 heteroatoms. The van der Waals surface area contributed by atoms with Crippen molar-refractivity contribution in [1.29, 1.82) is 0 Å². The number of aromatic nitrogens is 2. The molecule has 6 nitrogen and oxygen atoms in total. The second-order valence-corrected chi connectivity index (χ2v) is 5.36. The smallest absolute Gasteiger partial charge is 0.325 e. The molecule has 0 unspecified atom stereocenters. The largest absolute Gasteiger partial charge is 0.432 e. The van der Waals surface area contributed by atoms with Gasteiger partial charge < -0.3 is 5.32 Å². The number of anilines is 1. The van der Waals surface area contributed by atoms with E-state index in [-0.39, 0.29) is 28.9 Å². The first kappa shape index (κ1) is 19.4. The minimum absolute atomic E-state index is 0.0705. The number of benzene rings is 1. The van der Waals surface area contributed by atoms with E-state index in [0.29, 0.717) is 6.07 Å². The Morgan fingerprint density at radius 3 is 2.65 bits per heavy atom. The number of halogens is 5. The number of carbonyl (C=O) groups is 1. The SMILES string of the molecule is C=CCC(=O)NC(=Nc1cc(C(F)(F)F)[nH]n1)Nc1cc(F)cc(Cl)c1. The quantitative estimate of drug-likeness (QED) is 0.320. The van der Waals surface area contributed by atoms with Gasteiger partial charge in [0.05, 0.1) is 0 Å². The van der Waals surface area contributed by atoms with Crippen molar-refractivity contribution in [3.8, 4) is 0 Å². The van der Waals surface area contributed by atoms with Crippen LogP contribution in [0.1, 0.15) is 12.1 Å². The summed E-state index contributed by atoms with van der Waals surface area (Å²) < 4.78 is 51.3. The summed E-state index contributed by atoms with van der Waals surface area (Å²) in [6, 6.07) is 4.11. The summed E-state index contributed by atoms with van der Waals surface area (Å²) in [5.41, 5.74) is -0.985. The van der Waals surface area contributed by atoms with Crippen LogP contribution in [0.15, 0.2) is 41.9 Å². The molecule has 0 saturated carbocycles. The third kappa shape index (κ3) is 5.59. The van der Waals surface area contributed by atoms with Crippen LogP contribution in [0.2, 0.25) is 5.02 Å². The summed E-state index contributed by atoms with van der Waals surface area (Å²) in [5, 5.41) is 10.2. The molecule has 0 saturated heterocycles. The summed E-state index contributed by atoms with van der Waals surface area (Å²) in [6.07, 6.45) is -3.38. The number of rotatable bonds is 4. The number of aromatic amines is 1. The van der Waals surface area contributed by atoms with E-state index in [1.165, 1.54) is 12.1 Å². The van der Waals surface area contributed by atoms with Crippen molar-refractivity contribution in [2.24, 2.45) is 4.99 Å². The highest BCUT2D eigenvalue weighted by atomic mass is 35.5. The van der Waals surface area contributed by atoms with E-state index in [1.54, 1.807) is 5.10 Å². The van der Waals surface area contributed by atoms with Gasteiger partial charge in [-0.1, -0.05) is 17.7 Å². The van der Waals surface area contributed by atoms with Crippen molar-refractivity contribution in [3.05, 3.63) is 53.5 Å². The Morgan fingerprint density at radius 1 is 1.35 bits per heavy atom. The maximum atomic E-state index is 13.4. The second kappa shape index (κ2) is 8.00. The fourth-order valence-electron chi connectivity index (χ4n) is 1.79. The Morgan fingerprint density at radius 2 is 2.08 bits per heavy atom. The number of H-pyrrole nitrogens is 1. The van der Waals surface area contributed by atoms with Crippen molar-refractivity contribution >= 4 is 35.0 Å². The van der Waals surface area contributed by atoms with Crippen LogP contribution >= 0.6 is 11.6 Å². The molecule has 0 spiro atoms. The summed E-state index contributed by atoms with van der Waals surface area (Å²) in [7, 11) is 0. The molecule has 1 heterocycles. The number of nitrogens with zero attached hydrogens (tertiary/aromatic N) is 2. The predicted octanol–water partition coefficient (Wildman–Crippen LogP) is 4.01. The highest BCUT2D eigenvalue weighted by molar-refractivity contribution is 6.31. The van der Waals surface area contributed by atoms with E-state index in [1.807, 2.05) is 0 Å². The molecule has 1 aromatic heterocycles. The normalized spacial score (nSPS) is 12.0. The van der Waals surface area contributed by atoms with E-state index >= 15 is 0 Å². The number of guanidine groups is 1. The van der Waals surface area contributed by atoms with Gasteiger partial charge in [0.15, 0.2) is 5.82 Å². The van der Waals surface area contributed by atoms with E-state index in [0.717, 1.165) is 12.1 Å². The molecule has 138 valence electrons. The van der Waals surface area contributed by atoms with Gasteiger partial charge in [0.25, 0.3) is 0 Å². The number of amides is 1. The lowest BCUT2D eigenvalue weighted by Crippen LogP contribution is -2.35. The Bertz CT molecular complexity index is 827. The zero-order valence-electron chi connectivity index (χ0n) is 13.0. The van der Waals surface area contributed by atoms with Gasteiger partial charge in [0.1, 0.15) is 11.5 Å². The molecule has 2 rings (SSSR count). The predicted molar refractivity (Wildman–Crippen MR) is 88.7 cm³/mol. The van der Waals surface area contributed by atoms with Crippen LogP contribution in [-0.2, 0) is 11.0 Å². The molecule has 0 aliphatic heterocycles. The summed E-state index contributed by atoms with van der Waals surface area (Å²) in [5.74, 6) is -1.81. The van der Waals surface area contributed by atoms with Gasteiger partial charge in [-0.05, 0) is 18.2 Å². The lowest BCUT2D eigenvalue weighted by molar-refractivity contribution is -0.141. The molecule has 0 aliphatic carbocycles. The topological polar surface area (TPSA) is 82.2 Å². The third-order valence-electron chi connectivity index (χ3n) is 2.81. The molecule has 1 aromatic carbocycles. The van der Waals surface area contributed by atoms with Crippen LogP contribution in [-0.4, -0.2) is 22.1 Å². The third-order valence-corrected chi connectivity index (χ3v) is 3.03. The van der Waals surface area contributed by atoms with E-state index in [9.17, 15) is 22.4 Å². The molecule has 26 heavy (non-hydrogen) atoms. The molecule has 0 bridgehead atoms. The van der Waals surface area contributed by atoms with Crippen LogP contribution < -0.4 is 10.6 Å². The molecular formula is C15H12ClF4N5O. The molecule has 1 amide bonds. The van der Waals surface area contributed by atoms with Crippen molar-refractivity contribution in [2.75, 3.05) is 5.32 Å². The number of nitrogens with one attached hydrogen (secondary N) is 3. The highest BCUT2D eigenvalue weighted by Crippen LogP contribution is 2.29. The van der Waals surface area contributed by atoms with Crippen molar-refractivity contribution in [2.45, 2.75) is 12.6 Å². The number of hydrogen-bond acceptors (Lipinski definition) is 3. The molecule has 0 radical (unpaired) electrons. The zero-order chi connectivity index (χ0) is 19.3. The first-order chi connectivity index (χ1) is 12.2. The lowest BCUT2D eigenvalue weighted by Gasteiger charge is -2.11. The maximum absolute atomic E-state index is 13.4. The Labute approximate surface area is 150 Å². The van der Waals surface area contributed by atoms with Gasteiger partial charge in [-0.2, -0.15) is 23.3 Å². The number of alkyl halides is 3. The molecule has 2 aromatic rings. The van der Waals surface area contributed by atoms with Crippen LogP contribution in [0.4, 0.5) is 29.1 Å². The maximum Gasteiger partial charge on any atom is 0.432 e. The number of aliphatic imine (C=N–C) groups is 1. The Balaban J connectivity index is 2.31. The summed E-state index contributed by atoms with van der Waals surface area (Å²) in [6.45, 7) is 3.40. The standard InChI is InChI=1S/C15H12ClF4N5O/c1-2-3-13(26)23-14(21-10-5-8(16)4-9(17)6-10)22-12-7-11(24-25-12)15(18,19)20/h2,4-7H,1,3H2,(H3,21,22,23,24,25,26). The molecule has 3 N–H and O–H groups in total. The van der Waals surface area contributed by atoms with Gasteiger partial charge in [-0.25, -0.2) is 4.39 Å². The fraction of sp³-hybridized carbons (Fsp3) is 0.133. The van der Waals surface area contributed by atoms with Crippen LogP contribution in [0, 0.1) is 5.82 Å². The van der Waals surface area contributed by atoms with Gasteiger partial charge in [0, 0.05) is 23.2 Å². The average molecular weight is 390 g/mol. The van der Waals surface area contributed by atoms with Crippen LogP contribution in [0.3, 0.4) is 0 Å². The zero-order valence-corrected chi connectivity index (χ0v) is 13.7. The fourth-order valence-corrected chi connectivity index (χ4v) is 2.01. The van der Waals surface area contributed by atoms with Crippen molar-refractivity contribution < 1.29 is 22.4 Å². The average Bonchev–Trinajstić information content (AvgIpc) is 2.94. The first-order valence-electron chi connectivity index (χ1n) is 7.02. The molecule has 0 atom stereocenters. The van der Waals surface area contributed by atoms with Gasteiger partial charge in [-0.3, -0.25) is 15.2 Å². The minimum atomic E-state index is -4.63. The van der Waals surface area contributed by atoms with Gasteiger partial charge in [-0.15, -0.1) is 6.58 Å². The first-order valence-corrected chi connectivity index (χ1v) is 7.40. The van der Waals surface area contributed by atoms with Crippen LogP contribution in [0.25, 0.3) is 0 Å². The summed E-state index contributed by atoms with van der Waals surface area (Å²) in [4.78, 5) is 15.5. The molecular weight excluding hydrogens is 378 g/mol. The summed E-state index contributed by atoms with van der Waals surface area (Å²) >= 11 is 5.74. The van der Waals surface area contributed by atoms with E-state index in [2.05, 4.69) is 27.3 Å². The Hall–Kier alpha value is -2.88. The Kier molecular flexibility index (Phi) is 5.98. The number of carbonyl (C=O) groups excluding carboxylic acids is 1. The van der Waals surface area contributed by atoms with E-state index in [4.69, 9.17) is 11.6 Å².